The van der Waals surface area contributed by atoms with Gasteiger partial charge in [0.05, 0.1) is 25.3 Å². The summed E-state index contributed by atoms with van der Waals surface area (Å²) in [5, 5.41) is 0.876. The highest BCUT2D eigenvalue weighted by Crippen LogP contribution is 2.22. The fourth-order valence-electron chi connectivity index (χ4n) is 3.27. The first-order chi connectivity index (χ1) is 12.6. The van der Waals surface area contributed by atoms with Gasteiger partial charge in [-0.15, -0.1) is 0 Å². The van der Waals surface area contributed by atoms with Crippen LogP contribution in [0, 0.1) is 0 Å². The standard InChI is InChI=1S/C18H19N5O3/c19-15(24)10-17-21-16(22-6-8-26-9-7-22)11-18(25)23(17)14-3-1-2-13-12(14)4-5-20-13/h1-5,11,20H,6-10H2,(H2,19,24). The number of carbonyl (C=O) groups is 1. The van der Waals surface area contributed by atoms with Gasteiger partial charge >= 0.3 is 0 Å². The van der Waals surface area contributed by atoms with Crippen molar-refractivity contribution in [3.05, 3.63) is 52.7 Å². The molecule has 1 amide bonds. The SMILES string of the molecule is NC(=O)Cc1nc(N2CCOCC2)cc(=O)n1-c1cccc2[nH]ccc12. The second-order valence-corrected chi connectivity index (χ2v) is 6.16. The highest BCUT2D eigenvalue weighted by atomic mass is 16.5. The maximum atomic E-state index is 13.0. The van der Waals surface area contributed by atoms with Gasteiger partial charge in [0.15, 0.2) is 0 Å². The average molecular weight is 353 g/mol. The van der Waals surface area contributed by atoms with Crippen molar-refractivity contribution in [2.45, 2.75) is 6.42 Å². The molecule has 0 radical (unpaired) electrons. The number of primary amides is 1. The van der Waals surface area contributed by atoms with Crippen molar-refractivity contribution in [3.63, 3.8) is 0 Å². The van der Waals surface area contributed by atoms with Gasteiger partial charge in [-0.25, -0.2) is 4.98 Å². The number of H-pyrrole nitrogens is 1. The van der Waals surface area contributed by atoms with Gasteiger partial charge in [-0.2, -0.15) is 0 Å². The van der Waals surface area contributed by atoms with E-state index < -0.39 is 5.91 Å². The molecule has 3 heterocycles. The van der Waals surface area contributed by atoms with Gasteiger partial charge in [-0.05, 0) is 18.2 Å². The lowest BCUT2D eigenvalue weighted by Gasteiger charge is -2.28. The molecule has 0 bridgehead atoms. The number of aromatic amines is 1. The quantitative estimate of drug-likeness (QED) is 0.714. The zero-order chi connectivity index (χ0) is 18.1. The van der Waals surface area contributed by atoms with Crippen LogP contribution >= 0.6 is 0 Å². The molecule has 3 aromatic rings. The number of nitrogens with zero attached hydrogens (tertiary/aromatic N) is 3. The topological polar surface area (TPSA) is 106 Å². The molecular weight excluding hydrogens is 334 g/mol. The maximum absolute atomic E-state index is 13.0. The van der Waals surface area contributed by atoms with Crippen molar-refractivity contribution in [3.8, 4) is 5.69 Å². The molecule has 0 aliphatic carbocycles. The number of rotatable bonds is 4. The van der Waals surface area contributed by atoms with Crippen LogP contribution in [0.15, 0.2) is 41.3 Å². The van der Waals surface area contributed by atoms with Gasteiger partial charge in [0.25, 0.3) is 5.56 Å². The van der Waals surface area contributed by atoms with Crippen molar-refractivity contribution >= 4 is 22.6 Å². The summed E-state index contributed by atoms with van der Waals surface area (Å²) in [4.78, 5) is 34.2. The van der Waals surface area contributed by atoms with E-state index in [0.717, 1.165) is 10.9 Å². The van der Waals surface area contributed by atoms with E-state index in [-0.39, 0.29) is 12.0 Å². The van der Waals surface area contributed by atoms with Crippen LogP contribution in [-0.4, -0.2) is 46.7 Å². The Bertz CT molecular complexity index is 1020. The second-order valence-electron chi connectivity index (χ2n) is 6.16. The van der Waals surface area contributed by atoms with Crippen LogP contribution in [0.25, 0.3) is 16.6 Å². The predicted octanol–water partition coefficient (Wildman–Crippen LogP) is 0.578. The number of fused-ring (bicyclic) bond motifs is 1. The summed E-state index contributed by atoms with van der Waals surface area (Å²) in [5.74, 6) is 0.346. The van der Waals surface area contributed by atoms with Gasteiger partial charge in [-0.1, -0.05) is 6.07 Å². The number of aromatic nitrogens is 3. The van der Waals surface area contributed by atoms with E-state index in [0.29, 0.717) is 43.6 Å². The third-order valence-corrected chi connectivity index (χ3v) is 4.45. The van der Waals surface area contributed by atoms with E-state index >= 15 is 0 Å². The number of anilines is 1. The van der Waals surface area contributed by atoms with Crippen molar-refractivity contribution in [2.75, 3.05) is 31.2 Å². The van der Waals surface area contributed by atoms with E-state index in [4.69, 9.17) is 10.5 Å². The predicted molar refractivity (Wildman–Crippen MR) is 97.6 cm³/mol. The van der Waals surface area contributed by atoms with Crippen LogP contribution in [0.2, 0.25) is 0 Å². The third-order valence-electron chi connectivity index (χ3n) is 4.45. The van der Waals surface area contributed by atoms with E-state index in [1.54, 1.807) is 0 Å². The number of amides is 1. The Morgan fingerprint density at radius 1 is 1.27 bits per heavy atom. The number of ether oxygens (including phenoxy) is 1. The van der Waals surface area contributed by atoms with Crippen molar-refractivity contribution in [1.82, 2.24) is 14.5 Å². The molecule has 1 aliphatic rings. The van der Waals surface area contributed by atoms with Crippen molar-refractivity contribution < 1.29 is 9.53 Å². The first-order valence-corrected chi connectivity index (χ1v) is 8.44. The highest BCUT2D eigenvalue weighted by Gasteiger charge is 2.19. The first-order valence-electron chi connectivity index (χ1n) is 8.44. The molecule has 1 aromatic carbocycles. The summed E-state index contributed by atoms with van der Waals surface area (Å²) in [7, 11) is 0. The van der Waals surface area contributed by atoms with Gasteiger partial charge in [-0.3, -0.25) is 14.2 Å². The lowest BCUT2D eigenvalue weighted by Crippen LogP contribution is -2.38. The van der Waals surface area contributed by atoms with Crippen LogP contribution in [0.4, 0.5) is 5.82 Å². The first kappa shape index (κ1) is 16.3. The molecule has 1 saturated heterocycles. The van der Waals surface area contributed by atoms with E-state index in [9.17, 15) is 9.59 Å². The summed E-state index contributed by atoms with van der Waals surface area (Å²) in [6.07, 6.45) is 1.69. The molecule has 0 unspecified atom stereocenters. The molecule has 2 aromatic heterocycles. The Balaban J connectivity index is 1.89. The number of nitrogens with two attached hydrogens (primary N) is 1. The van der Waals surface area contributed by atoms with Gasteiger partial charge in [0.1, 0.15) is 11.6 Å². The molecule has 1 fully saturated rings. The molecular formula is C18H19N5O3. The highest BCUT2D eigenvalue weighted by molar-refractivity contribution is 5.88. The minimum absolute atomic E-state index is 0.117. The number of hydrogen-bond acceptors (Lipinski definition) is 5. The Hall–Kier alpha value is -3.13. The lowest BCUT2D eigenvalue weighted by atomic mass is 10.2. The smallest absolute Gasteiger partial charge is 0.260 e. The van der Waals surface area contributed by atoms with Gasteiger partial charge < -0.3 is 20.4 Å². The molecule has 0 saturated carbocycles. The maximum Gasteiger partial charge on any atom is 0.260 e. The number of benzene rings is 1. The number of morpholine rings is 1. The Kier molecular flexibility index (Phi) is 4.18. The number of carbonyl (C=O) groups excluding carboxylic acids is 1. The summed E-state index contributed by atoms with van der Waals surface area (Å²) in [6, 6.07) is 9.00. The molecule has 8 nitrogen and oxygen atoms in total. The Morgan fingerprint density at radius 2 is 2.08 bits per heavy atom. The summed E-state index contributed by atoms with van der Waals surface area (Å²) >= 11 is 0. The van der Waals surface area contributed by atoms with Crippen LogP contribution in [0.1, 0.15) is 5.82 Å². The fourth-order valence-corrected chi connectivity index (χ4v) is 3.27. The molecule has 1 aliphatic heterocycles. The minimum atomic E-state index is -0.536. The van der Waals surface area contributed by atoms with Gasteiger partial charge in [0.2, 0.25) is 5.91 Å². The van der Waals surface area contributed by atoms with E-state index in [1.807, 2.05) is 35.4 Å². The lowest BCUT2D eigenvalue weighted by molar-refractivity contribution is -0.117. The molecule has 134 valence electrons. The van der Waals surface area contributed by atoms with Crippen LogP contribution in [-0.2, 0) is 16.0 Å². The summed E-state index contributed by atoms with van der Waals surface area (Å²) < 4.78 is 6.81. The molecule has 3 N–H and O–H groups in total. The minimum Gasteiger partial charge on any atom is -0.378 e. The zero-order valence-corrected chi connectivity index (χ0v) is 14.1. The molecule has 26 heavy (non-hydrogen) atoms. The molecule has 0 atom stereocenters. The number of nitrogens with one attached hydrogen (secondary N) is 1. The molecule has 4 rings (SSSR count). The molecule has 0 spiro atoms. The Morgan fingerprint density at radius 3 is 2.85 bits per heavy atom. The third kappa shape index (κ3) is 2.95. The van der Waals surface area contributed by atoms with Crippen LogP contribution < -0.4 is 16.2 Å². The molecule has 8 heteroatoms. The van der Waals surface area contributed by atoms with Gasteiger partial charge in [0, 0.05) is 36.3 Å². The average Bonchev–Trinajstić information content (AvgIpc) is 3.11. The summed E-state index contributed by atoms with van der Waals surface area (Å²) in [5.41, 5.74) is 6.74. The van der Waals surface area contributed by atoms with Crippen LogP contribution in [0.3, 0.4) is 0 Å². The summed E-state index contributed by atoms with van der Waals surface area (Å²) in [6.45, 7) is 2.47. The van der Waals surface area contributed by atoms with Crippen LogP contribution in [0.5, 0.6) is 0 Å². The normalized spacial score (nSPS) is 14.7. The van der Waals surface area contributed by atoms with Crippen molar-refractivity contribution in [1.29, 1.82) is 0 Å². The second kappa shape index (κ2) is 6.64. The van der Waals surface area contributed by atoms with E-state index in [2.05, 4.69) is 9.97 Å². The van der Waals surface area contributed by atoms with E-state index in [1.165, 1.54) is 10.6 Å². The Labute approximate surface area is 149 Å². The number of hydrogen-bond donors (Lipinski definition) is 2. The van der Waals surface area contributed by atoms with Crippen molar-refractivity contribution in [2.24, 2.45) is 5.73 Å². The largest absolute Gasteiger partial charge is 0.378 e. The fraction of sp³-hybridized carbons (Fsp3) is 0.278. The zero-order valence-electron chi connectivity index (χ0n) is 14.1. The monoisotopic (exact) mass is 353 g/mol.